The van der Waals surface area contributed by atoms with E-state index in [1.165, 1.54) is 6.92 Å². The number of hydrogen-bond donors (Lipinski definition) is 1. The van der Waals surface area contributed by atoms with Gasteiger partial charge in [0, 0.05) is 12.6 Å². The van der Waals surface area contributed by atoms with Gasteiger partial charge in [-0.05, 0) is 38.1 Å². The molecule has 1 N–H and O–H groups in total. The molecule has 0 saturated carbocycles. The van der Waals surface area contributed by atoms with Crippen molar-refractivity contribution in [3.63, 3.8) is 0 Å². The zero-order valence-corrected chi connectivity index (χ0v) is 8.70. The van der Waals surface area contributed by atoms with Crippen LogP contribution >= 0.6 is 0 Å². The molecule has 0 fully saturated rings. The second-order valence-electron chi connectivity index (χ2n) is 3.37. The Bertz CT molecular complexity index is 304. The van der Waals surface area contributed by atoms with E-state index in [0.29, 0.717) is 0 Å². The summed E-state index contributed by atoms with van der Waals surface area (Å²) in [6.07, 6.45) is 0.168. The summed E-state index contributed by atoms with van der Waals surface area (Å²) in [5.74, 6) is 0.747. The van der Waals surface area contributed by atoms with Crippen molar-refractivity contribution in [3.8, 4) is 5.75 Å². The van der Waals surface area contributed by atoms with Crippen molar-refractivity contribution in [1.29, 1.82) is 0 Å². The average molecular weight is 193 g/mol. The summed E-state index contributed by atoms with van der Waals surface area (Å²) in [4.78, 5) is 10.7. The molecule has 0 aliphatic heterocycles. The normalized spacial score (nSPS) is 10.0. The lowest BCUT2D eigenvalue weighted by Crippen LogP contribution is -2.07. The van der Waals surface area contributed by atoms with Crippen molar-refractivity contribution < 1.29 is 9.53 Å². The van der Waals surface area contributed by atoms with Crippen LogP contribution in [0.4, 0.5) is 5.69 Å². The molecule has 0 aliphatic carbocycles. The molecule has 1 rings (SSSR count). The number of amides is 1. The fourth-order valence-corrected chi connectivity index (χ4v) is 1.09. The molecule has 0 radical (unpaired) electrons. The van der Waals surface area contributed by atoms with Gasteiger partial charge in [0.05, 0.1) is 6.10 Å². The zero-order chi connectivity index (χ0) is 10.6. The van der Waals surface area contributed by atoms with E-state index < -0.39 is 0 Å². The molecule has 0 aliphatic rings. The Morgan fingerprint density at radius 3 is 2.29 bits per heavy atom. The summed E-state index contributed by atoms with van der Waals surface area (Å²) in [5.41, 5.74) is 0.786. The maximum Gasteiger partial charge on any atom is 0.221 e. The highest BCUT2D eigenvalue weighted by Gasteiger charge is 1.98. The smallest absolute Gasteiger partial charge is 0.221 e. The minimum atomic E-state index is -0.0671. The first-order valence-electron chi connectivity index (χ1n) is 4.62. The average Bonchev–Trinajstić information content (AvgIpc) is 2.06. The van der Waals surface area contributed by atoms with Crippen LogP contribution in [0.15, 0.2) is 24.3 Å². The van der Waals surface area contributed by atoms with Crippen LogP contribution in [0.2, 0.25) is 0 Å². The van der Waals surface area contributed by atoms with Crippen molar-refractivity contribution in [3.05, 3.63) is 24.3 Å². The molecule has 3 heteroatoms. The van der Waals surface area contributed by atoms with Crippen molar-refractivity contribution in [1.82, 2.24) is 0 Å². The van der Waals surface area contributed by atoms with E-state index in [1.807, 2.05) is 38.1 Å². The zero-order valence-electron chi connectivity index (χ0n) is 8.70. The Labute approximate surface area is 84.1 Å². The number of carbonyl (C=O) groups is 1. The van der Waals surface area contributed by atoms with E-state index in [-0.39, 0.29) is 12.0 Å². The van der Waals surface area contributed by atoms with E-state index in [2.05, 4.69) is 5.32 Å². The highest BCUT2D eigenvalue weighted by atomic mass is 16.5. The van der Waals surface area contributed by atoms with Crippen LogP contribution < -0.4 is 10.1 Å². The largest absolute Gasteiger partial charge is 0.491 e. The van der Waals surface area contributed by atoms with Crippen LogP contribution in [0.25, 0.3) is 0 Å². The summed E-state index contributed by atoms with van der Waals surface area (Å²) >= 11 is 0. The van der Waals surface area contributed by atoms with Crippen LogP contribution in [0.1, 0.15) is 20.8 Å². The van der Waals surface area contributed by atoms with Crippen LogP contribution in [-0.4, -0.2) is 12.0 Å². The summed E-state index contributed by atoms with van der Waals surface area (Å²) in [7, 11) is 0. The fraction of sp³-hybridized carbons (Fsp3) is 0.364. The van der Waals surface area contributed by atoms with Gasteiger partial charge in [-0.3, -0.25) is 4.79 Å². The van der Waals surface area contributed by atoms with Crippen molar-refractivity contribution in [2.45, 2.75) is 26.9 Å². The van der Waals surface area contributed by atoms with E-state index in [1.54, 1.807) is 0 Å². The maximum atomic E-state index is 10.7. The lowest BCUT2D eigenvalue weighted by Gasteiger charge is -2.10. The lowest BCUT2D eigenvalue weighted by atomic mass is 10.3. The molecule has 0 bridgehead atoms. The highest BCUT2D eigenvalue weighted by molar-refractivity contribution is 5.88. The number of carbonyl (C=O) groups excluding carboxylic acids is 1. The third-order valence-corrected chi connectivity index (χ3v) is 1.55. The van der Waals surface area contributed by atoms with E-state index in [9.17, 15) is 4.79 Å². The van der Waals surface area contributed by atoms with Crippen LogP contribution in [-0.2, 0) is 4.79 Å². The molecule has 0 spiro atoms. The summed E-state index contributed by atoms with van der Waals surface area (Å²) in [6.45, 7) is 5.43. The topological polar surface area (TPSA) is 38.3 Å². The van der Waals surface area contributed by atoms with Gasteiger partial charge in [0.15, 0.2) is 0 Å². The molecular formula is C11H15NO2. The monoisotopic (exact) mass is 193 g/mol. The van der Waals surface area contributed by atoms with Gasteiger partial charge in [0.25, 0.3) is 0 Å². The number of ether oxygens (including phenoxy) is 1. The maximum absolute atomic E-state index is 10.7. The number of rotatable bonds is 3. The molecule has 14 heavy (non-hydrogen) atoms. The first-order valence-corrected chi connectivity index (χ1v) is 4.62. The minimum absolute atomic E-state index is 0.0671. The number of hydrogen-bond acceptors (Lipinski definition) is 2. The van der Waals surface area contributed by atoms with Gasteiger partial charge in [-0.1, -0.05) is 0 Å². The molecule has 1 amide bonds. The standard InChI is InChI=1S/C11H15NO2/c1-8(2)14-11-6-4-10(5-7-11)12-9(3)13/h4-8H,1-3H3,(H,12,13). The molecule has 0 saturated heterocycles. The molecular weight excluding hydrogens is 178 g/mol. The van der Waals surface area contributed by atoms with Crippen LogP contribution in [0.3, 0.4) is 0 Å². The van der Waals surface area contributed by atoms with Gasteiger partial charge in [0.1, 0.15) is 5.75 Å². The first kappa shape index (κ1) is 10.6. The van der Waals surface area contributed by atoms with Gasteiger partial charge >= 0.3 is 0 Å². The van der Waals surface area contributed by atoms with Crippen molar-refractivity contribution >= 4 is 11.6 Å². The predicted octanol–water partition coefficient (Wildman–Crippen LogP) is 2.43. The second-order valence-corrected chi connectivity index (χ2v) is 3.37. The van der Waals surface area contributed by atoms with Crippen LogP contribution in [0.5, 0.6) is 5.75 Å². The third-order valence-electron chi connectivity index (χ3n) is 1.55. The van der Waals surface area contributed by atoms with Crippen molar-refractivity contribution in [2.75, 3.05) is 5.32 Å². The molecule has 1 aromatic carbocycles. The Balaban J connectivity index is 2.63. The van der Waals surface area contributed by atoms with E-state index in [0.717, 1.165) is 11.4 Å². The first-order chi connectivity index (χ1) is 6.58. The number of benzene rings is 1. The predicted molar refractivity (Wildman–Crippen MR) is 56.5 cm³/mol. The number of anilines is 1. The Morgan fingerprint density at radius 2 is 1.86 bits per heavy atom. The van der Waals surface area contributed by atoms with E-state index >= 15 is 0 Å². The Hall–Kier alpha value is -1.51. The Kier molecular flexibility index (Phi) is 3.51. The van der Waals surface area contributed by atoms with E-state index in [4.69, 9.17) is 4.74 Å². The third kappa shape index (κ3) is 3.47. The fourth-order valence-electron chi connectivity index (χ4n) is 1.09. The summed E-state index contributed by atoms with van der Waals surface area (Å²) in [5, 5.41) is 2.69. The van der Waals surface area contributed by atoms with Crippen LogP contribution in [0, 0.1) is 0 Å². The SMILES string of the molecule is CC(=O)Nc1ccc(OC(C)C)cc1. The minimum Gasteiger partial charge on any atom is -0.491 e. The van der Waals surface area contributed by atoms with Gasteiger partial charge in [-0.25, -0.2) is 0 Å². The Morgan fingerprint density at radius 1 is 1.29 bits per heavy atom. The quantitative estimate of drug-likeness (QED) is 0.800. The molecule has 1 aromatic rings. The molecule has 0 atom stereocenters. The molecule has 0 unspecified atom stereocenters. The van der Waals surface area contributed by atoms with Gasteiger partial charge < -0.3 is 10.1 Å². The van der Waals surface area contributed by atoms with Gasteiger partial charge in [0.2, 0.25) is 5.91 Å². The molecule has 0 aromatic heterocycles. The summed E-state index contributed by atoms with van der Waals surface area (Å²) < 4.78 is 5.46. The molecule has 3 nitrogen and oxygen atoms in total. The van der Waals surface area contributed by atoms with Gasteiger partial charge in [-0.2, -0.15) is 0 Å². The highest BCUT2D eigenvalue weighted by Crippen LogP contribution is 2.16. The van der Waals surface area contributed by atoms with Gasteiger partial charge in [-0.15, -0.1) is 0 Å². The van der Waals surface area contributed by atoms with Crippen molar-refractivity contribution in [2.24, 2.45) is 0 Å². The summed E-state index contributed by atoms with van der Waals surface area (Å²) in [6, 6.07) is 7.31. The molecule has 76 valence electrons. The number of nitrogens with one attached hydrogen (secondary N) is 1. The molecule has 0 heterocycles. The second kappa shape index (κ2) is 4.65. The lowest BCUT2D eigenvalue weighted by molar-refractivity contribution is -0.114.